The van der Waals surface area contributed by atoms with Crippen LogP contribution in [-0.4, -0.2) is 26.4 Å². The van der Waals surface area contributed by atoms with Gasteiger partial charge in [-0.2, -0.15) is 13.2 Å². The van der Waals surface area contributed by atoms with Gasteiger partial charge in [-0.25, -0.2) is 18.1 Å². The highest BCUT2D eigenvalue weighted by molar-refractivity contribution is 7.90. The van der Waals surface area contributed by atoms with Crippen LogP contribution in [-0.2, 0) is 16.2 Å². The SMILES string of the molecule is COc1ccc(Cl)c(S(=O)(=O)NC(=O)c2cc3c(C(F)(F)F)cc(C)nc3o2)c1. The monoisotopic (exact) mass is 448 g/mol. The number of nitrogens with zero attached hydrogens (tertiary/aromatic N) is 1. The summed E-state index contributed by atoms with van der Waals surface area (Å²) in [5.41, 5.74) is -1.48. The Morgan fingerprint density at radius 1 is 1.24 bits per heavy atom. The number of benzene rings is 1. The molecule has 0 unspecified atom stereocenters. The predicted molar refractivity (Wildman–Crippen MR) is 96.4 cm³/mol. The summed E-state index contributed by atoms with van der Waals surface area (Å²) < 4.78 is 76.3. The minimum Gasteiger partial charge on any atom is -0.497 e. The van der Waals surface area contributed by atoms with E-state index in [1.54, 1.807) is 4.72 Å². The first kappa shape index (κ1) is 20.9. The molecule has 2 heterocycles. The second-order valence-corrected chi connectivity index (χ2v) is 7.93. The fraction of sp³-hybridized carbons (Fsp3) is 0.176. The number of amides is 1. The van der Waals surface area contributed by atoms with Crippen molar-refractivity contribution in [2.24, 2.45) is 0 Å². The molecule has 2 aromatic heterocycles. The Labute approximate surface area is 167 Å². The third-order valence-electron chi connectivity index (χ3n) is 3.82. The molecule has 1 amide bonds. The lowest BCUT2D eigenvalue weighted by atomic mass is 10.1. The number of hydrogen-bond acceptors (Lipinski definition) is 6. The van der Waals surface area contributed by atoms with E-state index in [4.69, 9.17) is 20.8 Å². The molecule has 154 valence electrons. The predicted octanol–water partition coefficient (Wildman–Crippen LogP) is 3.94. The van der Waals surface area contributed by atoms with Crippen LogP contribution in [0.2, 0.25) is 5.02 Å². The number of aryl methyl sites for hydroxylation is 1. The molecule has 0 bridgehead atoms. The van der Waals surface area contributed by atoms with Crippen LogP contribution in [0.15, 0.2) is 39.6 Å². The Balaban J connectivity index is 2.00. The van der Waals surface area contributed by atoms with Crippen molar-refractivity contribution in [1.29, 1.82) is 0 Å². The number of rotatable bonds is 4. The fourth-order valence-corrected chi connectivity index (χ4v) is 4.00. The minimum atomic E-state index is -4.72. The van der Waals surface area contributed by atoms with Crippen LogP contribution in [0, 0.1) is 6.92 Å². The van der Waals surface area contributed by atoms with Crippen molar-refractivity contribution < 1.29 is 35.5 Å². The first-order valence-electron chi connectivity index (χ1n) is 7.81. The molecule has 3 aromatic rings. The van der Waals surface area contributed by atoms with Crippen molar-refractivity contribution in [3.63, 3.8) is 0 Å². The van der Waals surface area contributed by atoms with E-state index in [9.17, 15) is 26.4 Å². The zero-order valence-corrected chi connectivity index (χ0v) is 16.4. The standard InChI is InChI=1S/C17H12ClF3N2O5S/c1-8-5-11(17(19,20)21)10-7-13(28-16(10)22-8)15(24)23-29(25,26)14-6-9(27-2)3-4-12(14)18/h3-7H,1-2H3,(H,23,24). The molecule has 0 radical (unpaired) electrons. The third kappa shape index (κ3) is 4.15. The summed E-state index contributed by atoms with van der Waals surface area (Å²) in [6.07, 6.45) is -4.72. The summed E-state index contributed by atoms with van der Waals surface area (Å²) >= 11 is 5.88. The van der Waals surface area contributed by atoms with E-state index in [2.05, 4.69) is 4.98 Å². The number of fused-ring (bicyclic) bond motifs is 1. The third-order valence-corrected chi connectivity index (χ3v) is 5.63. The number of carbonyl (C=O) groups excluding carboxylic acids is 1. The molecule has 0 saturated carbocycles. The van der Waals surface area contributed by atoms with Crippen molar-refractivity contribution in [3.05, 3.63) is 52.4 Å². The lowest BCUT2D eigenvalue weighted by Crippen LogP contribution is -2.30. The fourth-order valence-electron chi connectivity index (χ4n) is 2.53. The molecule has 7 nitrogen and oxygen atoms in total. The summed E-state index contributed by atoms with van der Waals surface area (Å²) in [5, 5.41) is -0.655. The number of hydrogen-bond donors (Lipinski definition) is 1. The highest BCUT2D eigenvalue weighted by Gasteiger charge is 2.35. The second kappa shape index (κ2) is 7.23. The number of carbonyl (C=O) groups is 1. The van der Waals surface area contributed by atoms with E-state index in [0.717, 1.165) is 18.2 Å². The lowest BCUT2D eigenvalue weighted by Gasteiger charge is -2.09. The van der Waals surface area contributed by atoms with Crippen molar-refractivity contribution >= 4 is 38.6 Å². The largest absolute Gasteiger partial charge is 0.497 e. The number of halogens is 4. The second-order valence-electron chi connectivity index (χ2n) is 5.87. The van der Waals surface area contributed by atoms with Crippen LogP contribution in [0.25, 0.3) is 11.1 Å². The summed E-state index contributed by atoms with van der Waals surface area (Å²) in [7, 11) is -3.16. The molecule has 0 saturated heterocycles. The Bertz CT molecular complexity index is 1220. The molecule has 0 aliphatic heterocycles. The summed E-state index contributed by atoms with van der Waals surface area (Å²) in [4.78, 5) is 15.7. The van der Waals surface area contributed by atoms with Gasteiger partial charge in [-0.05, 0) is 31.2 Å². The van der Waals surface area contributed by atoms with Crippen LogP contribution >= 0.6 is 11.6 Å². The number of ether oxygens (including phenoxy) is 1. The Kier molecular flexibility index (Phi) is 5.22. The maximum Gasteiger partial charge on any atom is 0.417 e. The normalized spacial score (nSPS) is 12.2. The van der Waals surface area contributed by atoms with Gasteiger partial charge in [0.1, 0.15) is 10.6 Å². The quantitative estimate of drug-likeness (QED) is 0.649. The van der Waals surface area contributed by atoms with Gasteiger partial charge in [0.05, 0.1) is 23.1 Å². The highest BCUT2D eigenvalue weighted by atomic mass is 35.5. The smallest absolute Gasteiger partial charge is 0.417 e. The Morgan fingerprint density at radius 3 is 2.55 bits per heavy atom. The zero-order chi connectivity index (χ0) is 21.6. The van der Waals surface area contributed by atoms with Gasteiger partial charge in [0.15, 0.2) is 5.76 Å². The molecule has 3 rings (SSSR count). The molecule has 12 heteroatoms. The average molecular weight is 449 g/mol. The maximum atomic E-state index is 13.2. The minimum absolute atomic E-state index is 0.0157. The van der Waals surface area contributed by atoms with Gasteiger partial charge in [-0.3, -0.25) is 4.79 Å². The van der Waals surface area contributed by atoms with Gasteiger partial charge in [-0.1, -0.05) is 11.6 Å². The number of sulfonamides is 1. The molecular weight excluding hydrogens is 437 g/mol. The molecule has 0 fully saturated rings. The Morgan fingerprint density at radius 2 is 1.93 bits per heavy atom. The van der Waals surface area contributed by atoms with Crippen molar-refractivity contribution in [1.82, 2.24) is 9.71 Å². The van der Waals surface area contributed by atoms with E-state index < -0.39 is 49.4 Å². The summed E-state index contributed by atoms with van der Waals surface area (Å²) in [6, 6.07) is 5.33. The number of nitrogens with one attached hydrogen (secondary N) is 1. The Hall–Kier alpha value is -2.79. The first-order chi connectivity index (χ1) is 13.4. The topological polar surface area (TPSA) is 98.5 Å². The van der Waals surface area contributed by atoms with E-state index in [1.807, 2.05) is 0 Å². The van der Waals surface area contributed by atoms with E-state index in [-0.39, 0.29) is 16.5 Å². The van der Waals surface area contributed by atoms with Crippen molar-refractivity contribution in [2.45, 2.75) is 18.0 Å². The molecule has 0 aliphatic rings. The lowest BCUT2D eigenvalue weighted by molar-refractivity contribution is -0.136. The highest BCUT2D eigenvalue weighted by Crippen LogP contribution is 2.36. The molecule has 0 spiro atoms. The molecule has 1 N–H and O–H groups in total. The number of pyridine rings is 1. The molecule has 29 heavy (non-hydrogen) atoms. The van der Waals surface area contributed by atoms with Gasteiger partial charge >= 0.3 is 12.1 Å². The molecule has 1 aromatic carbocycles. The van der Waals surface area contributed by atoms with Gasteiger partial charge in [0.25, 0.3) is 10.0 Å². The van der Waals surface area contributed by atoms with E-state index in [1.165, 1.54) is 26.2 Å². The van der Waals surface area contributed by atoms with E-state index in [0.29, 0.717) is 0 Å². The number of methoxy groups -OCH3 is 1. The molecule has 0 aliphatic carbocycles. The van der Waals surface area contributed by atoms with E-state index >= 15 is 0 Å². The van der Waals surface area contributed by atoms with Gasteiger partial charge < -0.3 is 9.15 Å². The number of alkyl halides is 3. The van der Waals surface area contributed by atoms with Crippen LogP contribution in [0.1, 0.15) is 21.8 Å². The number of aromatic nitrogens is 1. The van der Waals surface area contributed by atoms with Gasteiger partial charge in [0, 0.05) is 11.8 Å². The maximum absolute atomic E-state index is 13.2. The van der Waals surface area contributed by atoms with Crippen LogP contribution in [0.5, 0.6) is 5.75 Å². The zero-order valence-electron chi connectivity index (χ0n) is 14.8. The average Bonchev–Trinajstić information content (AvgIpc) is 3.04. The van der Waals surface area contributed by atoms with Gasteiger partial charge in [0.2, 0.25) is 5.71 Å². The van der Waals surface area contributed by atoms with Crippen LogP contribution in [0.4, 0.5) is 13.2 Å². The first-order valence-corrected chi connectivity index (χ1v) is 9.67. The summed E-state index contributed by atoms with van der Waals surface area (Å²) in [6.45, 7) is 1.33. The molecular formula is C17H12ClF3N2O5S. The van der Waals surface area contributed by atoms with Crippen molar-refractivity contribution in [2.75, 3.05) is 7.11 Å². The molecule has 0 atom stereocenters. The van der Waals surface area contributed by atoms with Crippen molar-refractivity contribution in [3.8, 4) is 5.75 Å². The number of furan rings is 1. The van der Waals surface area contributed by atoms with Crippen LogP contribution < -0.4 is 9.46 Å². The van der Waals surface area contributed by atoms with Gasteiger partial charge in [-0.15, -0.1) is 0 Å². The summed E-state index contributed by atoms with van der Waals surface area (Å²) in [5.74, 6) is -1.78. The van der Waals surface area contributed by atoms with Crippen LogP contribution in [0.3, 0.4) is 0 Å².